The molecule has 0 fully saturated rings. The van der Waals surface area contributed by atoms with Gasteiger partial charge >= 0.3 is 6.18 Å². The van der Waals surface area contributed by atoms with E-state index in [9.17, 15) is 36.1 Å². The van der Waals surface area contributed by atoms with E-state index in [0.717, 1.165) is 18.2 Å². The van der Waals surface area contributed by atoms with Crippen molar-refractivity contribution < 1.29 is 30.9 Å². The monoisotopic (exact) mass is 364 g/mol. The molecule has 24 heavy (non-hydrogen) atoms. The van der Waals surface area contributed by atoms with Crippen LogP contribution in [-0.4, -0.2) is 13.3 Å². The smallest absolute Gasteiger partial charge is 0.277 e. The Hall–Kier alpha value is -2.69. The number of sulfonamides is 1. The Morgan fingerprint density at radius 2 is 1.75 bits per heavy atom. The summed E-state index contributed by atoms with van der Waals surface area (Å²) in [7, 11) is -4.52. The average molecular weight is 364 g/mol. The molecule has 2 aromatic carbocycles. The van der Waals surface area contributed by atoms with Gasteiger partial charge in [-0.1, -0.05) is 6.07 Å². The summed E-state index contributed by atoms with van der Waals surface area (Å²) < 4.78 is 77.3. The van der Waals surface area contributed by atoms with Crippen LogP contribution in [0.25, 0.3) is 0 Å². The van der Waals surface area contributed by atoms with Crippen molar-refractivity contribution in [3.63, 3.8) is 0 Å². The molecule has 0 unspecified atom stereocenters. The molecule has 0 saturated heterocycles. The van der Waals surface area contributed by atoms with Crippen LogP contribution >= 0.6 is 0 Å². The number of hydrogen-bond acceptors (Lipinski definition) is 4. The van der Waals surface area contributed by atoms with Crippen LogP contribution in [-0.2, 0) is 16.2 Å². The Labute approximate surface area is 132 Å². The Morgan fingerprint density at radius 1 is 1.08 bits per heavy atom. The van der Waals surface area contributed by atoms with Gasteiger partial charge < -0.3 is 0 Å². The van der Waals surface area contributed by atoms with Crippen molar-refractivity contribution in [3.8, 4) is 0 Å². The fourth-order valence-corrected chi connectivity index (χ4v) is 2.85. The van der Waals surface area contributed by atoms with Crippen molar-refractivity contribution in [2.75, 3.05) is 4.72 Å². The quantitative estimate of drug-likeness (QED) is 0.510. The van der Waals surface area contributed by atoms with Crippen LogP contribution in [0.1, 0.15) is 5.56 Å². The topological polar surface area (TPSA) is 89.3 Å². The SMILES string of the molecule is O=[N+]([O-])c1cccc(S(=O)(=O)Nc2cc(C(F)(F)F)ccc2F)c1. The normalized spacial score (nSPS) is 12.0. The molecule has 0 aliphatic heterocycles. The van der Waals surface area contributed by atoms with Gasteiger partial charge in [-0.2, -0.15) is 13.2 Å². The van der Waals surface area contributed by atoms with E-state index in [0.29, 0.717) is 24.3 Å². The molecular formula is C13H8F4N2O4S. The zero-order chi connectivity index (χ0) is 18.1. The molecule has 0 heterocycles. The fraction of sp³-hybridized carbons (Fsp3) is 0.0769. The highest BCUT2D eigenvalue weighted by molar-refractivity contribution is 7.92. The molecule has 11 heteroatoms. The molecule has 0 saturated carbocycles. The van der Waals surface area contributed by atoms with Gasteiger partial charge in [-0.15, -0.1) is 0 Å². The molecule has 1 N–H and O–H groups in total. The molecule has 128 valence electrons. The number of halogens is 4. The molecule has 0 aliphatic carbocycles. The van der Waals surface area contributed by atoms with Gasteiger partial charge in [0, 0.05) is 12.1 Å². The number of anilines is 1. The molecule has 2 aromatic rings. The minimum atomic E-state index is -4.79. The second-order valence-electron chi connectivity index (χ2n) is 4.55. The van der Waals surface area contributed by atoms with Gasteiger partial charge in [-0.25, -0.2) is 12.8 Å². The summed E-state index contributed by atoms with van der Waals surface area (Å²) in [5.74, 6) is -1.22. The van der Waals surface area contributed by atoms with Gasteiger partial charge in [0.05, 0.1) is 21.1 Å². The van der Waals surface area contributed by atoms with Crippen molar-refractivity contribution in [1.29, 1.82) is 0 Å². The predicted molar refractivity (Wildman–Crippen MR) is 75.3 cm³/mol. The van der Waals surface area contributed by atoms with Crippen molar-refractivity contribution in [2.24, 2.45) is 0 Å². The predicted octanol–water partition coefficient (Wildman–Crippen LogP) is 3.55. The summed E-state index contributed by atoms with van der Waals surface area (Å²) in [5, 5.41) is 10.7. The fourth-order valence-electron chi connectivity index (χ4n) is 1.75. The zero-order valence-electron chi connectivity index (χ0n) is 11.5. The van der Waals surface area contributed by atoms with Crippen LogP contribution in [0.3, 0.4) is 0 Å². The highest BCUT2D eigenvalue weighted by Crippen LogP contribution is 2.32. The van der Waals surface area contributed by atoms with E-state index in [1.165, 1.54) is 0 Å². The first-order chi connectivity index (χ1) is 11.0. The number of benzene rings is 2. The first-order valence-corrected chi connectivity index (χ1v) is 7.63. The first kappa shape index (κ1) is 17.7. The minimum Gasteiger partial charge on any atom is -0.277 e. The largest absolute Gasteiger partial charge is 0.416 e. The highest BCUT2D eigenvalue weighted by atomic mass is 32.2. The molecule has 0 bridgehead atoms. The third-order valence-electron chi connectivity index (χ3n) is 2.88. The Morgan fingerprint density at radius 3 is 2.33 bits per heavy atom. The van der Waals surface area contributed by atoms with Crippen LogP contribution in [0.4, 0.5) is 28.9 Å². The summed E-state index contributed by atoms with van der Waals surface area (Å²) in [6.07, 6.45) is -4.79. The number of nitrogens with zero attached hydrogens (tertiary/aromatic N) is 1. The summed E-state index contributed by atoms with van der Waals surface area (Å²) in [4.78, 5) is 9.22. The van der Waals surface area contributed by atoms with Gasteiger partial charge in [0.2, 0.25) is 0 Å². The second kappa shape index (κ2) is 6.07. The standard InChI is InChI=1S/C13H8F4N2O4S/c14-11-5-4-8(13(15,16)17)6-12(11)18-24(22,23)10-3-1-2-9(7-10)19(20)21/h1-7,18H. The van der Waals surface area contributed by atoms with Crippen molar-refractivity contribution in [1.82, 2.24) is 0 Å². The Bertz CT molecular complexity index is 897. The number of nitro benzene ring substituents is 1. The third kappa shape index (κ3) is 3.79. The maximum absolute atomic E-state index is 13.6. The first-order valence-electron chi connectivity index (χ1n) is 6.15. The summed E-state index contributed by atoms with van der Waals surface area (Å²) in [5.41, 5.74) is -2.71. The van der Waals surface area contributed by atoms with Gasteiger partial charge in [-0.05, 0) is 24.3 Å². The number of rotatable bonds is 4. The van der Waals surface area contributed by atoms with Gasteiger partial charge in [-0.3, -0.25) is 14.8 Å². The second-order valence-corrected chi connectivity index (χ2v) is 6.23. The summed E-state index contributed by atoms with van der Waals surface area (Å²) in [6, 6.07) is 5.02. The number of nitro groups is 1. The van der Waals surface area contributed by atoms with Crippen LogP contribution in [0.15, 0.2) is 47.4 Å². The molecule has 0 aliphatic rings. The lowest BCUT2D eigenvalue weighted by Gasteiger charge is -2.12. The minimum absolute atomic E-state index is 0.296. The molecule has 0 aromatic heterocycles. The van der Waals surface area contributed by atoms with Crippen LogP contribution in [0.5, 0.6) is 0 Å². The van der Waals surface area contributed by atoms with Gasteiger partial charge in [0.15, 0.2) is 0 Å². The van der Waals surface area contributed by atoms with Crippen LogP contribution in [0, 0.1) is 15.9 Å². The van der Waals surface area contributed by atoms with Crippen LogP contribution < -0.4 is 4.72 Å². The third-order valence-corrected chi connectivity index (χ3v) is 4.24. The van der Waals surface area contributed by atoms with Gasteiger partial charge in [0.25, 0.3) is 15.7 Å². The van der Waals surface area contributed by atoms with Gasteiger partial charge in [0.1, 0.15) is 5.82 Å². The maximum atomic E-state index is 13.6. The lowest BCUT2D eigenvalue weighted by Crippen LogP contribution is -2.15. The Balaban J connectivity index is 2.43. The number of hydrogen-bond donors (Lipinski definition) is 1. The summed E-state index contributed by atoms with van der Waals surface area (Å²) >= 11 is 0. The zero-order valence-corrected chi connectivity index (χ0v) is 12.4. The molecule has 2 rings (SSSR count). The van der Waals surface area contributed by atoms with E-state index in [1.54, 1.807) is 4.72 Å². The molecule has 0 atom stereocenters. The van der Waals surface area contributed by atoms with E-state index in [-0.39, 0.29) is 0 Å². The highest BCUT2D eigenvalue weighted by Gasteiger charge is 2.31. The van der Waals surface area contributed by atoms with E-state index in [2.05, 4.69) is 0 Å². The molecule has 0 amide bonds. The van der Waals surface area contributed by atoms with Crippen molar-refractivity contribution >= 4 is 21.4 Å². The van der Waals surface area contributed by atoms with E-state index >= 15 is 0 Å². The molecular weight excluding hydrogens is 356 g/mol. The van der Waals surface area contributed by atoms with Crippen molar-refractivity contribution in [3.05, 3.63) is 64.0 Å². The van der Waals surface area contributed by atoms with E-state index < -0.39 is 48.8 Å². The number of alkyl halides is 3. The van der Waals surface area contributed by atoms with E-state index in [4.69, 9.17) is 0 Å². The molecule has 0 spiro atoms. The Kier molecular flexibility index (Phi) is 4.47. The molecule has 0 radical (unpaired) electrons. The van der Waals surface area contributed by atoms with Crippen LogP contribution in [0.2, 0.25) is 0 Å². The van der Waals surface area contributed by atoms with E-state index in [1.807, 2.05) is 0 Å². The number of non-ortho nitro benzene ring substituents is 1. The molecule has 6 nitrogen and oxygen atoms in total. The summed E-state index contributed by atoms with van der Waals surface area (Å²) in [6.45, 7) is 0. The van der Waals surface area contributed by atoms with Crippen molar-refractivity contribution in [2.45, 2.75) is 11.1 Å². The lowest BCUT2D eigenvalue weighted by atomic mass is 10.2. The maximum Gasteiger partial charge on any atom is 0.416 e. The average Bonchev–Trinajstić information content (AvgIpc) is 2.48. The lowest BCUT2D eigenvalue weighted by molar-refractivity contribution is -0.385. The number of nitrogens with one attached hydrogen (secondary N) is 1.